The molecule has 3 N–H and O–H groups in total. The van der Waals surface area contributed by atoms with Gasteiger partial charge in [-0.2, -0.15) is 0 Å². The third-order valence-electron chi connectivity index (χ3n) is 7.41. The fourth-order valence-electron chi connectivity index (χ4n) is 6.16. The van der Waals surface area contributed by atoms with Crippen LogP contribution in [0.4, 0.5) is 10.5 Å². The van der Waals surface area contributed by atoms with Crippen LogP contribution in [-0.4, -0.2) is 30.1 Å². The molecule has 134 valence electrons. The summed E-state index contributed by atoms with van der Waals surface area (Å²) in [7, 11) is 0. The molecule has 1 aromatic carbocycles. The number of carbonyl (C=O) groups excluding carboxylic acids is 1. The molecule has 2 amide bonds. The molecule has 0 spiro atoms. The number of primary amides is 1. The van der Waals surface area contributed by atoms with Crippen LogP contribution >= 0.6 is 0 Å². The first kappa shape index (κ1) is 15.7. The van der Waals surface area contributed by atoms with Crippen molar-refractivity contribution in [1.29, 1.82) is 0 Å². The first-order chi connectivity index (χ1) is 12.2. The molecular weight excluding hydrogens is 310 g/mol. The van der Waals surface area contributed by atoms with Gasteiger partial charge in [0, 0.05) is 23.7 Å². The zero-order chi connectivity index (χ0) is 17.0. The van der Waals surface area contributed by atoms with Crippen molar-refractivity contribution < 1.29 is 4.79 Å². The molecule has 1 saturated heterocycles. The van der Waals surface area contributed by atoms with E-state index < -0.39 is 6.03 Å². The number of benzene rings is 1. The summed E-state index contributed by atoms with van der Waals surface area (Å²) in [5.74, 6) is 1.77. The maximum absolute atomic E-state index is 11.3. The van der Waals surface area contributed by atoms with Crippen LogP contribution < -0.4 is 11.1 Å². The Labute approximate surface area is 150 Å². The minimum atomic E-state index is -0.467. The van der Waals surface area contributed by atoms with Gasteiger partial charge in [-0.05, 0) is 80.2 Å². The number of nitrogens with one attached hydrogen (secondary N) is 1. The quantitative estimate of drug-likeness (QED) is 0.883. The molecular formula is C21H29N3O. The van der Waals surface area contributed by atoms with Gasteiger partial charge in [-0.15, -0.1) is 0 Å². The van der Waals surface area contributed by atoms with Gasteiger partial charge in [0.05, 0.1) is 0 Å². The van der Waals surface area contributed by atoms with E-state index in [0.29, 0.717) is 5.41 Å². The molecule has 1 unspecified atom stereocenters. The first-order valence-electron chi connectivity index (χ1n) is 10.1. The van der Waals surface area contributed by atoms with E-state index in [9.17, 15) is 4.79 Å². The van der Waals surface area contributed by atoms with Crippen LogP contribution in [-0.2, 0) is 11.8 Å². The third-order valence-corrected chi connectivity index (χ3v) is 7.41. The van der Waals surface area contributed by atoms with Crippen molar-refractivity contribution in [2.24, 2.45) is 17.6 Å². The number of nitrogens with two attached hydrogens (primary N) is 1. The lowest BCUT2D eigenvalue weighted by atomic mass is 9.52. The van der Waals surface area contributed by atoms with Crippen LogP contribution in [0.15, 0.2) is 18.2 Å². The molecule has 1 heterocycles. The Morgan fingerprint density at radius 1 is 1.24 bits per heavy atom. The molecule has 5 rings (SSSR count). The van der Waals surface area contributed by atoms with Crippen LogP contribution in [0.5, 0.6) is 0 Å². The largest absolute Gasteiger partial charge is 0.351 e. The lowest BCUT2D eigenvalue weighted by Gasteiger charge is -2.59. The Balaban J connectivity index is 1.54. The van der Waals surface area contributed by atoms with Gasteiger partial charge >= 0.3 is 6.03 Å². The molecule has 2 saturated carbocycles. The normalized spacial score (nSPS) is 34.1. The van der Waals surface area contributed by atoms with Gasteiger partial charge in [0.2, 0.25) is 0 Å². The smallest absolute Gasteiger partial charge is 0.316 e. The second-order valence-electron chi connectivity index (χ2n) is 8.83. The summed E-state index contributed by atoms with van der Waals surface area (Å²) < 4.78 is 0. The Bertz CT molecular complexity index is 698. The van der Waals surface area contributed by atoms with Crippen molar-refractivity contribution in [3.05, 3.63) is 29.3 Å². The maximum atomic E-state index is 11.3. The van der Waals surface area contributed by atoms with Crippen molar-refractivity contribution in [1.82, 2.24) is 4.90 Å². The zero-order valence-electron chi connectivity index (χ0n) is 15.0. The predicted octanol–water partition coefficient (Wildman–Crippen LogP) is 3.65. The van der Waals surface area contributed by atoms with E-state index >= 15 is 0 Å². The maximum Gasteiger partial charge on any atom is 0.316 e. The van der Waals surface area contributed by atoms with Gasteiger partial charge in [0.25, 0.3) is 0 Å². The van der Waals surface area contributed by atoms with Gasteiger partial charge in [-0.3, -0.25) is 4.90 Å². The molecule has 0 radical (unpaired) electrons. The minimum Gasteiger partial charge on any atom is -0.351 e. The Hall–Kier alpha value is -1.55. The predicted molar refractivity (Wildman–Crippen MR) is 99.7 cm³/mol. The van der Waals surface area contributed by atoms with Crippen LogP contribution in [0.3, 0.4) is 0 Å². The number of amides is 2. The number of hydrogen-bond donors (Lipinski definition) is 2. The van der Waals surface area contributed by atoms with Crippen LogP contribution in [0.25, 0.3) is 0 Å². The highest BCUT2D eigenvalue weighted by Gasteiger charge is 2.54. The molecule has 4 nitrogen and oxygen atoms in total. The molecule has 1 aromatic rings. The number of anilines is 1. The fraction of sp³-hybridized carbons (Fsp3) is 0.667. The molecule has 3 fully saturated rings. The van der Waals surface area contributed by atoms with E-state index in [-0.39, 0.29) is 0 Å². The van der Waals surface area contributed by atoms with E-state index in [0.717, 1.165) is 23.6 Å². The highest BCUT2D eigenvalue weighted by Crippen LogP contribution is 2.56. The third kappa shape index (κ3) is 2.57. The van der Waals surface area contributed by atoms with Crippen molar-refractivity contribution in [2.45, 2.75) is 62.8 Å². The summed E-state index contributed by atoms with van der Waals surface area (Å²) in [6.45, 7) is 2.58. The number of nitrogens with zero attached hydrogens (tertiary/aromatic N) is 1. The van der Waals surface area contributed by atoms with Crippen LogP contribution in [0.2, 0.25) is 0 Å². The van der Waals surface area contributed by atoms with Crippen molar-refractivity contribution in [3.63, 3.8) is 0 Å². The second-order valence-corrected chi connectivity index (χ2v) is 8.83. The first-order valence-corrected chi connectivity index (χ1v) is 10.1. The SMILES string of the molecule is NC(=O)Nc1ccc2c(c1)[C@@]13CCCCC1[C@@H](C2)N(CC1CC1)CC3. The number of fused-ring (bicyclic) bond motifs is 1. The van der Waals surface area contributed by atoms with E-state index in [1.807, 2.05) is 6.07 Å². The molecule has 4 aliphatic rings. The van der Waals surface area contributed by atoms with Crippen LogP contribution in [0, 0.1) is 11.8 Å². The van der Waals surface area contributed by atoms with E-state index in [1.54, 1.807) is 0 Å². The average molecular weight is 339 g/mol. The summed E-state index contributed by atoms with van der Waals surface area (Å²) in [6, 6.07) is 6.79. The average Bonchev–Trinajstić information content (AvgIpc) is 3.41. The topological polar surface area (TPSA) is 58.4 Å². The summed E-state index contributed by atoms with van der Waals surface area (Å²) in [4.78, 5) is 14.1. The van der Waals surface area contributed by atoms with Gasteiger partial charge < -0.3 is 11.1 Å². The lowest BCUT2D eigenvalue weighted by molar-refractivity contribution is -0.0133. The van der Waals surface area contributed by atoms with Gasteiger partial charge in [-0.25, -0.2) is 4.79 Å². The van der Waals surface area contributed by atoms with Gasteiger partial charge in [0.1, 0.15) is 0 Å². The summed E-state index contributed by atoms with van der Waals surface area (Å²) >= 11 is 0. The van der Waals surface area contributed by atoms with Crippen molar-refractivity contribution >= 4 is 11.7 Å². The van der Waals surface area contributed by atoms with Crippen molar-refractivity contribution in [2.75, 3.05) is 18.4 Å². The molecule has 1 aliphatic heterocycles. The van der Waals surface area contributed by atoms with E-state index in [4.69, 9.17) is 5.73 Å². The Morgan fingerprint density at radius 2 is 2.12 bits per heavy atom. The number of piperidine rings is 1. The summed E-state index contributed by atoms with van der Waals surface area (Å²) in [6.07, 6.45) is 10.8. The molecule has 2 bridgehead atoms. The summed E-state index contributed by atoms with van der Waals surface area (Å²) in [5, 5.41) is 2.79. The monoisotopic (exact) mass is 339 g/mol. The molecule has 3 aliphatic carbocycles. The number of carbonyl (C=O) groups is 1. The number of likely N-dealkylation sites (tertiary alicyclic amines) is 1. The Morgan fingerprint density at radius 3 is 2.92 bits per heavy atom. The van der Waals surface area contributed by atoms with Crippen molar-refractivity contribution in [3.8, 4) is 0 Å². The van der Waals surface area contributed by atoms with Gasteiger partial charge in [0.15, 0.2) is 0 Å². The lowest BCUT2D eigenvalue weighted by Crippen LogP contribution is -2.61. The number of urea groups is 1. The van der Waals surface area contributed by atoms with E-state index in [2.05, 4.69) is 22.3 Å². The highest BCUT2D eigenvalue weighted by molar-refractivity contribution is 5.88. The Kier molecular flexibility index (Phi) is 3.60. The molecule has 25 heavy (non-hydrogen) atoms. The number of rotatable bonds is 3. The summed E-state index contributed by atoms with van der Waals surface area (Å²) in [5.41, 5.74) is 9.58. The highest BCUT2D eigenvalue weighted by atomic mass is 16.2. The minimum absolute atomic E-state index is 0.339. The van der Waals surface area contributed by atoms with E-state index in [1.165, 1.54) is 75.6 Å². The number of hydrogen-bond acceptors (Lipinski definition) is 2. The standard InChI is InChI=1S/C21H29N3O/c22-20(25)23-16-7-6-15-11-19-17-3-1-2-8-21(17,18(15)12-16)9-10-24(19)13-14-4-5-14/h6-7,12,14,17,19H,1-5,8-11,13H2,(H3,22,23,25)/t17?,19-,21-/m1/s1. The second kappa shape index (κ2) is 5.73. The fourth-order valence-corrected chi connectivity index (χ4v) is 6.16. The van der Waals surface area contributed by atoms with Crippen LogP contribution in [0.1, 0.15) is 56.1 Å². The van der Waals surface area contributed by atoms with Gasteiger partial charge in [-0.1, -0.05) is 18.9 Å². The zero-order valence-corrected chi connectivity index (χ0v) is 15.0. The molecule has 0 aromatic heterocycles. The molecule has 3 atom stereocenters. The molecule has 4 heteroatoms.